The summed E-state index contributed by atoms with van der Waals surface area (Å²) in [5.74, 6) is 1.57. The van der Waals surface area contributed by atoms with Gasteiger partial charge in [-0.05, 0) is 43.7 Å². The summed E-state index contributed by atoms with van der Waals surface area (Å²) in [7, 11) is 0. The van der Waals surface area contributed by atoms with Crippen LogP contribution in [0, 0.1) is 0 Å². The Morgan fingerprint density at radius 1 is 1.00 bits per heavy atom. The Kier molecular flexibility index (Phi) is 3.65. The molecule has 0 unspecified atom stereocenters. The molecule has 5 heteroatoms. The SMILES string of the molecule is Clc1ccc2c(c1)Oc1cc(Cl)ccc1N2[C@@H]1CCCNC1. The van der Waals surface area contributed by atoms with E-state index in [1.807, 2.05) is 36.4 Å². The fraction of sp³-hybridized carbons (Fsp3) is 0.294. The van der Waals surface area contributed by atoms with E-state index in [2.05, 4.69) is 10.2 Å². The molecule has 0 aromatic heterocycles. The van der Waals surface area contributed by atoms with Crippen LogP contribution in [0.25, 0.3) is 0 Å². The van der Waals surface area contributed by atoms with Crippen LogP contribution >= 0.6 is 23.2 Å². The molecule has 3 nitrogen and oxygen atoms in total. The van der Waals surface area contributed by atoms with Crippen molar-refractivity contribution in [1.82, 2.24) is 5.32 Å². The molecule has 1 saturated heterocycles. The number of hydrogen-bond donors (Lipinski definition) is 1. The van der Waals surface area contributed by atoms with Gasteiger partial charge < -0.3 is 15.0 Å². The summed E-state index contributed by atoms with van der Waals surface area (Å²) in [5, 5.41) is 4.83. The van der Waals surface area contributed by atoms with Crippen molar-refractivity contribution in [2.45, 2.75) is 18.9 Å². The largest absolute Gasteiger partial charge is 0.453 e. The van der Waals surface area contributed by atoms with Crippen LogP contribution in [0.3, 0.4) is 0 Å². The highest BCUT2D eigenvalue weighted by Gasteiger charge is 2.31. The Balaban J connectivity index is 1.85. The third kappa shape index (κ3) is 2.43. The van der Waals surface area contributed by atoms with Gasteiger partial charge in [0.1, 0.15) is 0 Å². The van der Waals surface area contributed by atoms with E-state index in [1.165, 1.54) is 6.42 Å². The van der Waals surface area contributed by atoms with Crippen molar-refractivity contribution in [3.8, 4) is 11.5 Å². The third-order valence-electron chi connectivity index (χ3n) is 4.22. The van der Waals surface area contributed by atoms with E-state index < -0.39 is 0 Å². The van der Waals surface area contributed by atoms with Gasteiger partial charge >= 0.3 is 0 Å². The van der Waals surface area contributed by atoms with Crippen molar-refractivity contribution in [3.63, 3.8) is 0 Å². The molecule has 2 heterocycles. The molecule has 114 valence electrons. The highest BCUT2D eigenvalue weighted by Crippen LogP contribution is 2.49. The minimum atomic E-state index is 0.400. The molecule has 1 N–H and O–H groups in total. The number of halogens is 2. The summed E-state index contributed by atoms with van der Waals surface area (Å²) in [4.78, 5) is 2.35. The van der Waals surface area contributed by atoms with Gasteiger partial charge in [0.05, 0.1) is 11.4 Å². The fourth-order valence-electron chi connectivity index (χ4n) is 3.23. The second kappa shape index (κ2) is 5.65. The second-order valence-electron chi connectivity index (χ2n) is 5.70. The summed E-state index contributed by atoms with van der Waals surface area (Å²) in [6.45, 7) is 2.05. The van der Waals surface area contributed by atoms with Crippen LogP contribution in [-0.2, 0) is 0 Å². The summed E-state index contributed by atoms with van der Waals surface area (Å²) in [6.07, 6.45) is 2.32. The summed E-state index contributed by atoms with van der Waals surface area (Å²) in [6, 6.07) is 12.0. The summed E-state index contributed by atoms with van der Waals surface area (Å²) >= 11 is 12.3. The maximum atomic E-state index is 6.13. The van der Waals surface area contributed by atoms with E-state index in [1.54, 1.807) is 0 Å². The molecule has 0 aliphatic carbocycles. The van der Waals surface area contributed by atoms with Gasteiger partial charge in [0.25, 0.3) is 0 Å². The number of nitrogens with one attached hydrogen (secondary N) is 1. The zero-order valence-corrected chi connectivity index (χ0v) is 13.5. The maximum Gasteiger partial charge on any atom is 0.152 e. The van der Waals surface area contributed by atoms with Crippen molar-refractivity contribution in [1.29, 1.82) is 0 Å². The molecule has 4 rings (SSSR count). The normalized spacial score (nSPS) is 20.1. The minimum absolute atomic E-state index is 0.400. The van der Waals surface area contributed by atoms with Crippen molar-refractivity contribution < 1.29 is 4.74 Å². The number of anilines is 2. The van der Waals surface area contributed by atoms with E-state index in [0.717, 1.165) is 42.4 Å². The number of benzene rings is 2. The molecular weight excluding hydrogens is 319 g/mol. The van der Waals surface area contributed by atoms with Gasteiger partial charge in [-0.15, -0.1) is 0 Å². The Morgan fingerprint density at radius 3 is 2.18 bits per heavy atom. The van der Waals surface area contributed by atoms with Crippen LogP contribution in [0.5, 0.6) is 11.5 Å². The van der Waals surface area contributed by atoms with Crippen LogP contribution in [-0.4, -0.2) is 19.1 Å². The standard InChI is InChI=1S/C17H16Cl2N2O/c18-11-3-5-14-16(8-11)22-17-9-12(19)4-6-15(17)21(14)13-2-1-7-20-10-13/h3-6,8-9,13,20H,1-2,7,10H2/t13-/m1/s1. The first kappa shape index (κ1) is 14.2. The second-order valence-corrected chi connectivity index (χ2v) is 6.57. The van der Waals surface area contributed by atoms with Crippen LogP contribution < -0.4 is 15.0 Å². The molecule has 2 aliphatic rings. The molecule has 0 spiro atoms. The molecule has 0 saturated carbocycles. The van der Waals surface area contributed by atoms with Gasteiger partial charge in [-0.25, -0.2) is 0 Å². The zero-order chi connectivity index (χ0) is 15.1. The maximum absolute atomic E-state index is 6.13. The molecule has 1 atom stereocenters. The molecule has 2 aromatic carbocycles. The van der Waals surface area contributed by atoms with Crippen molar-refractivity contribution in [2.75, 3.05) is 18.0 Å². The van der Waals surface area contributed by atoms with Gasteiger partial charge in [0.15, 0.2) is 11.5 Å². The van der Waals surface area contributed by atoms with Crippen molar-refractivity contribution >= 4 is 34.6 Å². The zero-order valence-electron chi connectivity index (χ0n) is 12.0. The first-order valence-electron chi connectivity index (χ1n) is 7.49. The lowest BCUT2D eigenvalue weighted by atomic mass is 10.0. The molecule has 0 bridgehead atoms. The van der Waals surface area contributed by atoms with E-state index in [-0.39, 0.29) is 0 Å². The predicted molar refractivity (Wildman–Crippen MR) is 91.0 cm³/mol. The summed E-state index contributed by atoms with van der Waals surface area (Å²) in [5.41, 5.74) is 2.13. The highest BCUT2D eigenvalue weighted by molar-refractivity contribution is 6.31. The first-order valence-corrected chi connectivity index (χ1v) is 8.25. The van der Waals surface area contributed by atoms with E-state index in [9.17, 15) is 0 Å². The Morgan fingerprint density at radius 2 is 1.64 bits per heavy atom. The highest BCUT2D eigenvalue weighted by atomic mass is 35.5. The smallest absolute Gasteiger partial charge is 0.152 e. The van der Waals surface area contributed by atoms with Crippen LogP contribution in [0.1, 0.15) is 12.8 Å². The number of ether oxygens (including phenoxy) is 1. The average Bonchev–Trinajstić information content (AvgIpc) is 2.53. The van der Waals surface area contributed by atoms with Gasteiger partial charge in [0, 0.05) is 34.8 Å². The topological polar surface area (TPSA) is 24.5 Å². The quantitative estimate of drug-likeness (QED) is 0.795. The first-order chi connectivity index (χ1) is 10.7. The van der Waals surface area contributed by atoms with E-state index >= 15 is 0 Å². The van der Waals surface area contributed by atoms with E-state index in [0.29, 0.717) is 16.1 Å². The number of piperidine rings is 1. The van der Waals surface area contributed by atoms with Gasteiger partial charge in [-0.3, -0.25) is 0 Å². The van der Waals surface area contributed by atoms with Gasteiger partial charge in [-0.2, -0.15) is 0 Å². The van der Waals surface area contributed by atoms with Crippen LogP contribution in [0.2, 0.25) is 10.0 Å². The molecule has 2 aromatic rings. The van der Waals surface area contributed by atoms with Crippen molar-refractivity contribution in [3.05, 3.63) is 46.4 Å². The van der Waals surface area contributed by atoms with Crippen LogP contribution in [0.4, 0.5) is 11.4 Å². The molecule has 0 amide bonds. The lowest BCUT2D eigenvalue weighted by Crippen LogP contribution is -2.44. The average molecular weight is 335 g/mol. The summed E-state index contributed by atoms with van der Waals surface area (Å²) < 4.78 is 6.03. The number of hydrogen-bond acceptors (Lipinski definition) is 3. The van der Waals surface area contributed by atoms with E-state index in [4.69, 9.17) is 27.9 Å². The Bertz CT molecular complexity index is 662. The molecule has 0 radical (unpaired) electrons. The monoisotopic (exact) mass is 334 g/mol. The fourth-order valence-corrected chi connectivity index (χ4v) is 3.56. The number of nitrogens with zero attached hydrogens (tertiary/aromatic N) is 1. The van der Waals surface area contributed by atoms with Gasteiger partial charge in [0.2, 0.25) is 0 Å². The third-order valence-corrected chi connectivity index (χ3v) is 4.69. The predicted octanol–water partition coefficient (Wildman–Crippen LogP) is 4.99. The minimum Gasteiger partial charge on any atom is -0.453 e. The molecule has 22 heavy (non-hydrogen) atoms. The lowest BCUT2D eigenvalue weighted by molar-refractivity contribution is 0.427. The Hall–Kier alpha value is -1.42. The van der Waals surface area contributed by atoms with Crippen LogP contribution in [0.15, 0.2) is 36.4 Å². The number of fused-ring (bicyclic) bond motifs is 2. The molecule has 2 aliphatic heterocycles. The molecule has 1 fully saturated rings. The number of rotatable bonds is 1. The van der Waals surface area contributed by atoms with Crippen molar-refractivity contribution in [2.24, 2.45) is 0 Å². The lowest BCUT2D eigenvalue weighted by Gasteiger charge is -2.40. The van der Waals surface area contributed by atoms with Gasteiger partial charge in [-0.1, -0.05) is 23.2 Å². The molecular formula is C17H16Cl2N2O. The Labute approximate surface area is 139 Å².